The first-order valence-corrected chi connectivity index (χ1v) is 5.65. The fraction of sp³-hybridized carbons (Fsp3) is 0.0667. The van der Waals surface area contributed by atoms with E-state index in [1.807, 2.05) is 60.7 Å². The van der Waals surface area contributed by atoms with Gasteiger partial charge in [0.2, 0.25) is 0 Å². The molecule has 0 heterocycles. The molecule has 18 heavy (non-hydrogen) atoms. The van der Waals surface area contributed by atoms with Crippen molar-refractivity contribution < 1.29 is 0 Å². The molecule has 0 fully saturated rings. The summed E-state index contributed by atoms with van der Waals surface area (Å²) in [6.45, 7) is 0. The molecular weight excluding hydrogens is 222 g/mol. The Kier molecular flexibility index (Phi) is 5.48. The Balaban J connectivity index is 0.000000771. The summed E-state index contributed by atoms with van der Waals surface area (Å²) in [6, 6.07) is 18.7. The van der Waals surface area contributed by atoms with Crippen LogP contribution < -0.4 is 5.73 Å². The number of hydrogen-bond acceptors (Lipinski definition) is 3. The monoisotopic (exact) mass is 239 g/mol. The quantitative estimate of drug-likeness (QED) is 0.708. The highest BCUT2D eigenvalue weighted by Gasteiger charge is 2.08. The van der Waals surface area contributed by atoms with Crippen LogP contribution in [0.3, 0.4) is 0 Å². The van der Waals surface area contributed by atoms with Crippen LogP contribution in [-0.2, 0) is 0 Å². The van der Waals surface area contributed by atoms with Gasteiger partial charge in [-0.3, -0.25) is 10.8 Å². The van der Waals surface area contributed by atoms with Crippen LogP contribution in [0.25, 0.3) is 0 Å². The number of benzene rings is 2. The van der Waals surface area contributed by atoms with Crippen molar-refractivity contribution in [2.45, 2.75) is 0 Å². The van der Waals surface area contributed by atoms with E-state index in [1.165, 1.54) is 7.05 Å². The van der Waals surface area contributed by atoms with Gasteiger partial charge in [-0.1, -0.05) is 60.7 Å². The summed E-state index contributed by atoms with van der Waals surface area (Å²) in [7, 11) is 1.50. The van der Waals surface area contributed by atoms with Gasteiger partial charge in [-0.05, 0) is 7.05 Å². The van der Waals surface area contributed by atoms with Crippen LogP contribution in [0.5, 0.6) is 0 Å². The van der Waals surface area contributed by atoms with Gasteiger partial charge in [0.15, 0.2) is 0 Å². The second-order valence-corrected chi connectivity index (χ2v) is 3.48. The Morgan fingerprint density at radius 1 is 0.667 bits per heavy atom. The van der Waals surface area contributed by atoms with Gasteiger partial charge in [-0.25, -0.2) is 0 Å². The molecule has 0 aliphatic rings. The van der Waals surface area contributed by atoms with Crippen LogP contribution in [0.4, 0.5) is 0 Å². The van der Waals surface area contributed by atoms with Gasteiger partial charge in [0.1, 0.15) is 0 Å². The van der Waals surface area contributed by atoms with Crippen molar-refractivity contribution in [3.63, 3.8) is 0 Å². The molecule has 4 N–H and O–H groups in total. The normalized spacial score (nSPS) is 9.00. The zero-order valence-corrected chi connectivity index (χ0v) is 10.4. The average molecular weight is 239 g/mol. The van der Waals surface area contributed by atoms with Crippen LogP contribution in [0, 0.1) is 10.8 Å². The summed E-state index contributed by atoms with van der Waals surface area (Å²) in [5.74, 6) is 0. The Morgan fingerprint density at radius 3 is 1.22 bits per heavy atom. The summed E-state index contributed by atoms with van der Waals surface area (Å²) < 4.78 is 0. The number of nitrogens with two attached hydrogens (primary N) is 1. The first-order valence-electron chi connectivity index (χ1n) is 5.65. The summed E-state index contributed by atoms with van der Waals surface area (Å²) in [5.41, 5.74) is 6.56. The molecule has 0 saturated carbocycles. The Labute approximate surface area is 107 Å². The molecule has 92 valence electrons. The third-order valence-corrected chi connectivity index (χ3v) is 2.37. The second kappa shape index (κ2) is 7.14. The fourth-order valence-electron chi connectivity index (χ4n) is 1.50. The molecular formula is C15H17N3. The largest absolute Gasteiger partial charge is 0.333 e. The predicted octanol–water partition coefficient (Wildman–Crippen LogP) is 2.70. The van der Waals surface area contributed by atoms with E-state index in [1.54, 1.807) is 0 Å². The van der Waals surface area contributed by atoms with Gasteiger partial charge in [0.05, 0.1) is 11.4 Å². The Morgan fingerprint density at radius 2 is 0.944 bits per heavy atom. The van der Waals surface area contributed by atoms with Gasteiger partial charge in [-0.15, -0.1) is 0 Å². The zero-order valence-electron chi connectivity index (χ0n) is 10.4. The molecule has 0 aliphatic heterocycles. The summed E-state index contributed by atoms with van der Waals surface area (Å²) in [4.78, 5) is 0. The molecule has 2 aromatic rings. The van der Waals surface area contributed by atoms with Crippen molar-refractivity contribution in [2.24, 2.45) is 5.73 Å². The highest BCUT2D eigenvalue weighted by atomic mass is 14.5. The van der Waals surface area contributed by atoms with E-state index >= 15 is 0 Å². The smallest absolute Gasteiger partial charge is 0.0867 e. The third kappa shape index (κ3) is 3.37. The van der Waals surface area contributed by atoms with Crippen molar-refractivity contribution in [1.29, 1.82) is 10.8 Å². The van der Waals surface area contributed by atoms with Crippen molar-refractivity contribution in [3.8, 4) is 0 Å². The van der Waals surface area contributed by atoms with Crippen molar-refractivity contribution in [1.82, 2.24) is 0 Å². The summed E-state index contributed by atoms with van der Waals surface area (Å²) in [6.07, 6.45) is 0. The highest BCUT2D eigenvalue weighted by Crippen LogP contribution is 2.07. The molecule has 0 spiro atoms. The molecule has 3 heteroatoms. The molecule has 0 aromatic heterocycles. The minimum absolute atomic E-state index is 0.256. The van der Waals surface area contributed by atoms with E-state index in [2.05, 4.69) is 5.73 Å². The molecule has 0 amide bonds. The van der Waals surface area contributed by atoms with Gasteiger partial charge >= 0.3 is 0 Å². The van der Waals surface area contributed by atoms with Gasteiger partial charge in [0, 0.05) is 11.1 Å². The predicted molar refractivity (Wildman–Crippen MR) is 76.7 cm³/mol. The highest BCUT2D eigenvalue weighted by molar-refractivity contribution is 6.51. The maximum atomic E-state index is 7.95. The van der Waals surface area contributed by atoms with E-state index in [4.69, 9.17) is 10.8 Å². The van der Waals surface area contributed by atoms with E-state index in [0.29, 0.717) is 0 Å². The lowest BCUT2D eigenvalue weighted by Gasteiger charge is -2.05. The van der Waals surface area contributed by atoms with Crippen LogP contribution >= 0.6 is 0 Å². The van der Waals surface area contributed by atoms with Crippen molar-refractivity contribution >= 4 is 11.4 Å². The Bertz CT molecular complexity index is 454. The lowest BCUT2D eigenvalue weighted by molar-refractivity contribution is 1.45. The SMILES string of the molecule is CN.N=C(C(=N)c1ccccc1)c1ccccc1. The van der Waals surface area contributed by atoms with Gasteiger partial charge < -0.3 is 5.73 Å². The van der Waals surface area contributed by atoms with E-state index in [0.717, 1.165) is 11.1 Å². The second-order valence-electron chi connectivity index (χ2n) is 3.48. The van der Waals surface area contributed by atoms with Crippen LogP contribution in [0.15, 0.2) is 60.7 Å². The lowest BCUT2D eigenvalue weighted by atomic mass is 10.0. The number of nitrogens with one attached hydrogen (secondary N) is 2. The van der Waals surface area contributed by atoms with Crippen molar-refractivity contribution in [3.05, 3.63) is 71.8 Å². The van der Waals surface area contributed by atoms with Crippen LogP contribution in [-0.4, -0.2) is 18.5 Å². The summed E-state index contributed by atoms with van der Waals surface area (Å²) >= 11 is 0. The molecule has 0 atom stereocenters. The molecule has 0 unspecified atom stereocenters. The van der Waals surface area contributed by atoms with E-state index in [9.17, 15) is 0 Å². The van der Waals surface area contributed by atoms with E-state index < -0.39 is 0 Å². The fourth-order valence-corrected chi connectivity index (χ4v) is 1.50. The third-order valence-electron chi connectivity index (χ3n) is 2.37. The zero-order chi connectivity index (χ0) is 13.4. The molecule has 0 saturated heterocycles. The first kappa shape index (κ1) is 13.8. The van der Waals surface area contributed by atoms with Crippen LogP contribution in [0.1, 0.15) is 11.1 Å². The molecule has 0 bridgehead atoms. The minimum atomic E-state index is 0.256. The van der Waals surface area contributed by atoms with Crippen molar-refractivity contribution in [2.75, 3.05) is 7.05 Å². The number of rotatable bonds is 3. The minimum Gasteiger partial charge on any atom is -0.333 e. The summed E-state index contributed by atoms with van der Waals surface area (Å²) in [5, 5.41) is 15.9. The maximum Gasteiger partial charge on any atom is 0.0867 e. The molecule has 2 aromatic carbocycles. The lowest BCUT2D eigenvalue weighted by Crippen LogP contribution is -2.14. The van der Waals surface area contributed by atoms with E-state index in [-0.39, 0.29) is 11.4 Å². The molecule has 0 radical (unpaired) electrons. The maximum absolute atomic E-state index is 7.95. The van der Waals surface area contributed by atoms with Gasteiger partial charge in [0.25, 0.3) is 0 Å². The Hall–Kier alpha value is -2.26. The van der Waals surface area contributed by atoms with Gasteiger partial charge in [-0.2, -0.15) is 0 Å². The molecule has 3 nitrogen and oxygen atoms in total. The first-order chi connectivity index (χ1) is 8.79. The average Bonchev–Trinajstić information content (AvgIpc) is 2.49. The molecule has 0 aliphatic carbocycles. The standard InChI is InChI=1S/C14H12N2.CH5N/c15-13(11-7-3-1-4-8-11)14(16)12-9-5-2-6-10-12;1-2/h1-10,15-16H;2H2,1H3. The molecule has 2 rings (SSSR count). The topological polar surface area (TPSA) is 73.7 Å². The number of hydrogen-bond donors (Lipinski definition) is 3. The van der Waals surface area contributed by atoms with Crippen LogP contribution in [0.2, 0.25) is 0 Å².